The number of aryl methyl sites for hydroxylation is 1. The van der Waals surface area contributed by atoms with Crippen LogP contribution in [0.25, 0.3) is 0 Å². The first-order valence-electron chi connectivity index (χ1n) is 6.88. The zero-order valence-corrected chi connectivity index (χ0v) is 11.8. The second kappa shape index (κ2) is 5.87. The van der Waals surface area contributed by atoms with E-state index in [1.54, 1.807) is 17.9 Å². The first-order valence-corrected chi connectivity index (χ1v) is 6.88. The number of nitrogens with zero attached hydrogens (tertiary/aromatic N) is 2. The molecule has 0 saturated carbocycles. The number of fused-ring (bicyclic) bond motifs is 1. The molecule has 1 aromatic carbocycles. The lowest BCUT2D eigenvalue weighted by Gasteiger charge is -2.13. The number of ether oxygens (including phenoxy) is 2. The summed E-state index contributed by atoms with van der Waals surface area (Å²) in [6.07, 6.45) is 0.914. The minimum absolute atomic E-state index is 0.216. The number of carbonyl (C=O) groups is 1. The Hall–Kier alpha value is -2.50. The smallest absolute Gasteiger partial charge is 0.272 e. The Labute approximate surface area is 122 Å². The highest BCUT2D eigenvalue weighted by Crippen LogP contribution is 2.19. The van der Waals surface area contributed by atoms with Crippen molar-refractivity contribution >= 4 is 5.91 Å². The molecular formula is C15H17N3O3. The summed E-state index contributed by atoms with van der Waals surface area (Å²) in [5.74, 6) is 1.19. The maximum Gasteiger partial charge on any atom is 0.272 e. The Morgan fingerprint density at radius 3 is 3.14 bits per heavy atom. The monoisotopic (exact) mass is 287 g/mol. The minimum Gasteiger partial charge on any atom is -0.496 e. The number of nitrogens with one attached hydrogen (secondary N) is 1. The summed E-state index contributed by atoms with van der Waals surface area (Å²) in [5.41, 5.74) is 1.30. The third-order valence-electron chi connectivity index (χ3n) is 3.37. The predicted octanol–water partition coefficient (Wildman–Crippen LogP) is 1.60. The first kappa shape index (κ1) is 13.5. The number of rotatable bonds is 4. The van der Waals surface area contributed by atoms with E-state index in [1.807, 2.05) is 24.3 Å². The molecule has 1 aliphatic heterocycles. The number of hydrogen-bond donors (Lipinski definition) is 1. The second-order valence-corrected chi connectivity index (χ2v) is 4.79. The molecule has 3 rings (SSSR count). The molecule has 0 bridgehead atoms. The molecule has 2 aromatic rings. The van der Waals surface area contributed by atoms with Gasteiger partial charge in [0.05, 0.1) is 13.7 Å². The number of hydrogen-bond acceptors (Lipinski definition) is 4. The molecule has 1 amide bonds. The van der Waals surface area contributed by atoms with Crippen LogP contribution in [0, 0.1) is 0 Å². The van der Waals surface area contributed by atoms with E-state index in [0.717, 1.165) is 24.3 Å². The zero-order valence-electron chi connectivity index (χ0n) is 11.8. The number of methoxy groups -OCH3 is 1. The van der Waals surface area contributed by atoms with E-state index in [9.17, 15) is 4.79 Å². The lowest BCUT2D eigenvalue weighted by atomic mass is 10.2. The van der Waals surface area contributed by atoms with Gasteiger partial charge in [0.25, 0.3) is 5.91 Å². The van der Waals surface area contributed by atoms with Crippen molar-refractivity contribution in [1.82, 2.24) is 15.1 Å². The number of aromatic nitrogens is 2. The number of amides is 1. The highest BCUT2D eigenvalue weighted by molar-refractivity contribution is 5.92. The summed E-state index contributed by atoms with van der Waals surface area (Å²) in [4.78, 5) is 12.2. The summed E-state index contributed by atoms with van der Waals surface area (Å²) in [7, 11) is 1.61. The summed E-state index contributed by atoms with van der Waals surface area (Å²) in [6, 6.07) is 9.26. The SMILES string of the molecule is COc1ccccc1CNC(=O)c1cc2n(n1)CCCO2. The molecule has 1 aromatic heterocycles. The lowest BCUT2D eigenvalue weighted by Crippen LogP contribution is -2.23. The van der Waals surface area contributed by atoms with Gasteiger partial charge in [-0.3, -0.25) is 4.79 Å². The summed E-state index contributed by atoms with van der Waals surface area (Å²) in [6.45, 7) is 1.86. The first-order chi connectivity index (χ1) is 10.3. The molecule has 0 aliphatic carbocycles. The largest absolute Gasteiger partial charge is 0.496 e. The molecule has 2 heterocycles. The van der Waals surface area contributed by atoms with Crippen molar-refractivity contribution in [2.45, 2.75) is 19.5 Å². The standard InChI is InChI=1S/C15H17N3O3/c1-20-13-6-3-2-5-11(13)10-16-15(19)12-9-14-18(17-12)7-4-8-21-14/h2-3,5-6,9H,4,7-8,10H2,1H3,(H,16,19). The minimum atomic E-state index is -0.216. The zero-order chi connectivity index (χ0) is 14.7. The van der Waals surface area contributed by atoms with Gasteiger partial charge in [0, 0.05) is 31.1 Å². The molecule has 0 saturated heterocycles. The molecule has 21 heavy (non-hydrogen) atoms. The van der Waals surface area contributed by atoms with Gasteiger partial charge in [0.2, 0.25) is 5.88 Å². The van der Waals surface area contributed by atoms with Gasteiger partial charge in [-0.05, 0) is 6.07 Å². The van der Waals surface area contributed by atoms with Crippen LogP contribution < -0.4 is 14.8 Å². The number of carbonyl (C=O) groups excluding carboxylic acids is 1. The van der Waals surface area contributed by atoms with Crippen molar-refractivity contribution in [3.63, 3.8) is 0 Å². The predicted molar refractivity (Wildman–Crippen MR) is 76.5 cm³/mol. The molecule has 0 unspecified atom stereocenters. The van der Waals surface area contributed by atoms with Crippen molar-refractivity contribution in [3.8, 4) is 11.6 Å². The van der Waals surface area contributed by atoms with Crippen LogP contribution in [-0.2, 0) is 13.1 Å². The van der Waals surface area contributed by atoms with Gasteiger partial charge >= 0.3 is 0 Å². The van der Waals surface area contributed by atoms with E-state index in [4.69, 9.17) is 9.47 Å². The van der Waals surface area contributed by atoms with Gasteiger partial charge < -0.3 is 14.8 Å². The fourth-order valence-electron chi connectivity index (χ4n) is 2.29. The fourth-order valence-corrected chi connectivity index (χ4v) is 2.29. The van der Waals surface area contributed by atoms with Crippen molar-refractivity contribution < 1.29 is 14.3 Å². The van der Waals surface area contributed by atoms with Crippen LogP contribution in [0.2, 0.25) is 0 Å². The van der Waals surface area contributed by atoms with Crippen LogP contribution in [0.15, 0.2) is 30.3 Å². The quantitative estimate of drug-likeness (QED) is 0.927. The van der Waals surface area contributed by atoms with Crippen LogP contribution in [0.1, 0.15) is 22.5 Å². The maximum absolute atomic E-state index is 12.2. The highest BCUT2D eigenvalue weighted by Gasteiger charge is 2.17. The van der Waals surface area contributed by atoms with Gasteiger partial charge in [0.1, 0.15) is 5.75 Å². The molecule has 0 fully saturated rings. The van der Waals surface area contributed by atoms with E-state index in [-0.39, 0.29) is 5.91 Å². The average molecular weight is 287 g/mol. The summed E-state index contributed by atoms with van der Waals surface area (Å²) >= 11 is 0. The molecule has 6 nitrogen and oxygen atoms in total. The van der Waals surface area contributed by atoms with Crippen LogP contribution in [-0.4, -0.2) is 29.4 Å². The lowest BCUT2D eigenvalue weighted by molar-refractivity contribution is 0.0944. The van der Waals surface area contributed by atoms with Gasteiger partial charge in [0.15, 0.2) is 5.69 Å². The van der Waals surface area contributed by atoms with Crippen molar-refractivity contribution in [3.05, 3.63) is 41.6 Å². The third-order valence-corrected chi connectivity index (χ3v) is 3.37. The fraction of sp³-hybridized carbons (Fsp3) is 0.333. The van der Waals surface area contributed by atoms with Gasteiger partial charge in [-0.2, -0.15) is 5.10 Å². The van der Waals surface area contributed by atoms with Crippen molar-refractivity contribution in [2.75, 3.05) is 13.7 Å². The Balaban J connectivity index is 1.67. The number of benzene rings is 1. The van der Waals surface area contributed by atoms with Gasteiger partial charge in [-0.15, -0.1) is 0 Å². The molecule has 0 spiro atoms. The Morgan fingerprint density at radius 1 is 1.48 bits per heavy atom. The molecule has 6 heteroatoms. The van der Waals surface area contributed by atoms with E-state index < -0.39 is 0 Å². The molecule has 110 valence electrons. The van der Waals surface area contributed by atoms with Crippen molar-refractivity contribution in [1.29, 1.82) is 0 Å². The van der Waals surface area contributed by atoms with Gasteiger partial charge in [-0.1, -0.05) is 18.2 Å². The maximum atomic E-state index is 12.2. The van der Waals surface area contributed by atoms with E-state index >= 15 is 0 Å². The Morgan fingerprint density at radius 2 is 2.33 bits per heavy atom. The van der Waals surface area contributed by atoms with Crippen LogP contribution >= 0.6 is 0 Å². The number of para-hydroxylation sites is 1. The molecule has 0 radical (unpaired) electrons. The van der Waals surface area contributed by atoms with E-state index in [2.05, 4.69) is 10.4 Å². The molecule has 1 N–H and O–H groups in total. The van der Waals surface area contributed by atoms with Gasteiger partial charge in [-0.25, -0.2) is 4.68 Å². The summed E-state index contributed by atoms with van der Waals surface area (Å²) < 4.78 is 12.4. The van der Waals surface area contributed by atoms with Crippen LogP contribution in [0.3, 0.4) is 0 Å². The molecular weight excluding hydrogens is 270 g/mol. The second-order valence-electron chi connectivity index (χ2n) is 4.79. The van der Waals surface area contributed by atoms with Crippen molar-refractivity contribution in [2.24, 2.45) is 0 Å². The average Bonchev–Trinajstić information content (AvgIpc) is 2.97. The summed E-state index contributed by atoms with van der Waals surface area (Å²) in [5, 5.41) is 7.10. The topological polar surface area (TPSA) is 65.4 Å². The normalized spacial score (nSPS) is 13.2. The van der Waals surface area contributed by atoms with E-state index in [0.29, 0.717) is 24.7 Å². The Kier molecular flexibility index (Phi) is 3.77. The molecule has 1 aliphatic rings. The third kappa shape index (κ3) is 2.84. The Bertz CT molecular complexity index is 628. The molecule has 0 atom stereocenters. The van der Waals surface area contributed by atoms with Crippen LogP contribution in [0.5, 0.6) is 11.6 Å². The highest BCUT2D eigenvalue weighted by atomic mass is 16.5. The van der Waals surface area contributed by atoms with Crippen LogP contribution in [0.4, 0.5) is 0 Å². The van der Waals surface area contributed by atoms with E-state index in [1.165, 1.54) is 0 Å².